The van der Waals surface area contributed by atoms with E-state index in [1.165, 1.54) is 37.8 Å². The van der Waals surface area contributed by atoms with Crippen molar-refractivity contribution in [3.63, 3.8) is 0 Å². The van der Waals surface area contributed by atoms with Gasteiger partial charge in [-0.3, -0.25) is 0 Å². The van der Waals surface area contributed by atoms with E-state index in [4.69, 9.17) is 9.84 Å². The Balaban J connectivity index is 1.58. The number of carboxylic acid groups (broad SMARTS) is 1. The molecule has 24 heavy (non-hydrogen) atoms. The lowest BCUT2D eigenvalue weighted by Crippen LogP contribution is -2.37. The molecule has 0 radical (unpaired) electrons. The Hall–Kier alpha value is -2.08. The summed E-state index contributed by atoms with van der Waals surface area (Å²) < 4.78 is 5.81. The number of amides is 2. The molecule has 0 unspecified atom stereocenters. The van der Waals surface area contributed by atoms with Gasteiger partial charge >= 0.3 is 12.0 Å². The van der Waals surface area contributed by atoms with E-state index < -0.39 is 5.97 Å². The van der Waals surface area contributed by atoms with Crippen LogP contribution in [0.4, 0.5) is 4.79 Å². The highest BCUT2D eigenvalue weighted by atomic mass is 16.5. The molecule has 2 rings (SSSR count). The van der Waals surface area contributed by atoms with Gasteiger partial charge in [0.1, 0.15) is 0 Å². The molecule has 1 aliphatic carbocycles. The van der Waals surface area contributed by atoms with Gasteiger partial charge in [0.15, 0.2) is 0 Å². The normalized spacial score (nSPS) is 15.5. The summed E-state index contributed by atoms with van der Waals surface area (Å²) in [5.41, 5.74) is 1.09. The molecule has 3 N–H and O–H groups in total. The van der Waals surface area contributed by atoms with Gasteiger partial charge < -0.3 is 20.5 Å². The van der Waals surface area contributed by atoms with Crippen molar-refractivity contribution < 1.29 is 19.4 Å². The number of carbonyl (C=O) groups excluding carboxylic acids is 1. The molecule has 0 aliphatic heterocycles. The number of urea groups is 1. The molecule has 1 fully saturated rings. The lowest BCUT2D eigenvalue weighted by molar-refractivity contribution is 0.0460. The maximum Gasteiger partial charge on any atom is 0.335 e. The number of ether oxygens (including phenoxy) is 1. The molecule has 1 aromatic carbocycles. The predicted molar refractivity (Wildman–Crippen MR) is 91.1 cm³/mol. The van der Waals surface area contributed by atoms with Gasteiger partial charge in [0.2, 0.25) is 0 Å². The second-order valence-electron chi connectivity index (χ2n) is 6.10. The molecule has 0 spiro atoms. The van der Waals surface area contributed by atoms with Crippen molar-refractivity contribution in [3.05, 3.63) is 35.4 Å². The molecular formula is C18H26N2O4. The molecule has 6 nitrogen and oxygen atoms in total. The van der Waals surface area contributed by atoms with Crippen LogP contribution in [0.2, 0.25) is 0 Å². The molecule has 0 bridgehead atoms. The van der Waals surface area contributed by atoms with Crippen molar-refractivity contribution in [2.24, 2.45) is 0 Å². The number of carboxylic acids is 1. The fourth-order valence-corrected chi connectivity index (χ4v) is 2.81. The lowest BCUT2D eigenvalue weighted by atomic mass is 10.1. The minimum Gasteiger partial charge on any atom is -0.478 e. The summed E-state index contributed by atoms with van der Waals surface area (Å²) in [6.45, 7) is 1.38. The average molecular weight is 334 g/mol. The van der Waals surface area contributed by atoms with Crippen molar-refractivity contribution in [1.29, 1.82) is 0 Å². The van der Waals surface area contributed by atoms with Crippen LogP contribution in [0.5, 0.6) is 0 Å². The quantitative estimate of drug-likeness (QED) is 0.528. The van der Waals surface area contributed by atoms with Gasteiger partial charge in [-0.25, -0.2) is 9.59 Å². The molecule has 1 saturated carbocycles. The highest BCUT2D eigenvalue weighted by Crippen LogP contribution is 2.19. The molecule has 132 valence electrons. The van der Waals surface area contributed by atoms with Gasteiger partial charge in [-0.15, -0.1) is 0 Å². The van der Waals surface area contributed by atoms with E-state index >= 15 is 0 Å². The van der Waals surface area contributed by atoms with Crippen LogP contribution in [0.25, 0.3) is 0 Å². The minimum atomic E-state index is -0.957. The topological polar surface area (TPSA) is 87.7 Å². The SMILES string of the molecule is O=C(NCCOC1CCCCCC1)NCc1ccc(C(=O)O)cc1. The summed E-state index contributed by atoms with van der Waals surface area (Å²) in [5, 5.41) is 14.3. The number of benzene rings is 1. The Bertz CT molecular complexity index is 522. The third-order valence-corrected chi connectivity index (χ3v) is 4.20. The Labute approximate surface area is 142 Å². The van der Waals surface area contributed by atoms with Crippen LogP contribution in [0, 0.1) is 0 Å². The number of rotatable bonds is 7. The summed E-state index contributed by atoms with van der Waals surface area (Å²) in [6, 6.07) is 6.19. The van der Waals surface area contributed by atoms with Gasteiger partial charge in [0.25, 0.3) is 0 Å². The van der Waals surface area contributed by atoms with Crippen LogP contribution in [0.1, 0.15) is 54.4 Å². The zero-order valence-electron chi connectivity index (χ0n) is 13.9. The zero-order chi connectivity index (χ0) is 17.2. The molecule has 6 heteroatoms. The molecule has 0 saturated heterocycles. The average Bonchev–Trinajstić information content (AvgIpc) is 2.86. The molecule has 0 aromatic heterocycles. The van der Waals surface area contributed by atoms with Gasteiger partial charge in [0.05, 0.1) is 18.3 Å². The summed E-state index contributed by atoms with van der Waals surface area (Å²) in [5.74, 6) is -0.957. The van der Waals surface area contributed by atoms with Crippen molar-refractivity contribution >= 4 is 12.0 Å². The molecule has 0 heterocycles. The molecular weight excluding hydrogens is 308 g/mol. The van der Waals surface area contributed by atoms with Crippen molar-refractivity contribution in [1.82, 2.24) is 10.6 Å². The van der Waals surface area contributed by atoms with E-state index in [2.05, 4.69) is 10.6 Å². The van der Waals surface area contributed by atoms with Gasteiger partial charge in [-0.05, 0) is 30.5 Å². The fourth-order valence-electron chi connectivity index (χ4n) is 2.81. The Morgan fingerprint density at radius 2 is 1.71 bits per heavy atom. The van der Waals surface area contributed by atoms with E-state index in [0.717, 1.165) is 18.4 Å². The van der Waals surface area contributed by atoms with Crippen LogP contribution in [-0.2, 0) is 11.3 Å². The first-order chi connectivity index (χ1) is 11.6. The van der Waals surface area contributed by atoms with E-state index in [9.17, 15) is 9.59 Å². The van der Waals surface area contributed by atoms with E-state index in [0.29, 0.717) is 25.8 Å². The van der Waals surface area contributed by atoms with Gasteiger partial charge in [0, 0.05) is 13.1 Å². The van der Waals surface area contributed by atoms with E-state index in [1.54, 1.807) is 12.1 Å². The highest BCUT2D eigenvalue weighted by Gasteiger charge is 2.12. The molecule has 1 aromatic rings. The van der Waals surface area contributed by atoms with E-state index in [1.807, 2.05) is 0 Å². The van der Waals surface area contributed by atoms with Crippen LogP contribution < -0.4 is 10.6 Å². The number of carbonyl (C=O) groups is 2. The van der Waals surface area contributed by atoms with Gasteiger partial charge in [-0.1, -0.05) is 37.8 Å². The summed E-state index contributed by atoms with van der Waals surface area (Å²) in [6.07, 6.45) is 7.66. The van der Waals surface area contributed by atoms with E-state index in [-0.39, 0.29) is 11.6 Å². The monoisotopic (exact) mass is 334 g/mol. The second kappa shape index (κ2) is 9.93. The van der Waals surface area contributed by atoms with Crippen LogP contribution in [-0.4, -0.2) is 36.4 Å². The molecule has 1 aliphatic rings. The van der Waals surface area contributed by atoms with Crippen LogP contribution >= 0.6 is 0 Å². The Morgan fingerprint density at radius 3 is 2.33 bits per heavy atom. The zero-order valence-corrected chi connectivity index (χ0v) is 13.9. The molecule has 0 atom stereocenters. The first kappa shape index (κ1) is 18.3. The van der Waals surface area contributed by atoms with Gasteiger partial charge in [-0.2, -0.15) is 0 Å². The number of hydrogen-bond acceptors (Lipinski definition) is 3. The smallest absolute Gasteiger partial charge is 0.335 e. The summed E-state index contributed by atoms with van der Waals surface area (Å²) in [4.78, 5) is 22.5. The van der Waals surface area contributed by atoms with Crippen LogP contribution in [0.15, 0.2) is 24.3 Å². The largest absolute Gasteiger partial charge is 0.478 e. The number of nitrogens with one attached hydrogen (secondary N) is 2. The maximum atomic E-state index is 11.7. The highest BCUT2D eigenvalue weighted by molar-refractivity contribution is 5.87. The van der Waals surface area contributed by atoms with Crippen LogP contribution in [0.3, 0.4) is 0 Å². The minimum absolute atomic E-state index is 0.235. The maximum absolute atomic E-state index is 11.7. The first-order valence-corrected chi connectivity index (χ1v) is 8.60. The fraction of sp³-hybridized carbons (Fsp3) is 0.556. The Morgan fingerprint density at radius 1 is 1.04 bits per heavy atom. The third kappa shape index (κ3) is 6.58. The predicted octanol–water partition coefficient (Wildman–Crippen LogP) is 2.92. The lowest BCUT2D eigenvalue weighted by Gasteiger charge is -2.15. The standard InChI is InChI=1S/C18H26N2O4/c21-17(22)15-9-7-14(8-10-15)13-20-18(23)19-11-12-24-16-5-3-1-2-4-6-16/h7-10,16H,1-6,11-13H2,(H,21,22)(H2,19,20,23). The second-order valence-corrected chi connectivity index (χ2v) is 6.10. The molecule has 2 amide bonds. The number of hydrogen-bond donors (Lipinski definition) is 3. The third-order valence-electron chi connectivity index (χ3n) is 4.20. The first-order valence-electron chi connectivity index (χ1n) is 8.60. The Kier molecular flexibility index (Phi) is 7.55. The number of aromatic carboxylic acids is 1. The van der Waals surface area contributed by atoms with Crippen molar-refractivity contribution in [2.75, 3.05) is 13.2 Å². The summed E-state index contributed by atoms with van der Waals surface area (Å²) in [7, 11) is 0. The van der Waals surface area contributed by atoms with Crippen molar-refractivity contribution in [2.45, 2.75) is 51.2 Å². The summed E-state index contributed by atoms with van der Waals surface area (Å²) >= 11 is 0. The van der Waals surface area contributed by atoms with Crippen molar-refractivity contribution in [3.8, 4) is 0 Å².